The summed E-state index contributed by atoms with van der Waals surface area (Å²) in [6, 6.07) is 2.34. The molecule has 2 N–H and O–H groups in total. The van der Waals surface area contributed by atoms with E-state index in [1.807, 2.05) is 6.26 Å². The number of amides is 1. The van der Waals surface area contributed by atoms with E-state index in [-0.39, 0.29) is 10.6 Å². The molecule has 19 heavy (non-hydrogen) atoms. The molecule has 7 heteroatoms. The molecule has 0 saturated heterocycles. The largest absolute Gasteiger partial charge is 0.480 e. The standard InChI is InChI=1S/C12H13ClFNO3S/c1-19-5-4-10(12(17)18)15-11(16)8-3-2-7(14)6-9(8)13/h2-3,6,10H,4-5H2,1H3,(H,15,16)(H,17,18)/t10-/m0/s1. The first-order valence-corrected chi connectivity index (χ1v) is 7.20. The van der Waals surface area contributed by atoms with E-state index in [1.165, 1.54) is 17.8 Å². The lowest BCUT2D eigenvalue weighted by Gasteiger charge is -2.14. The Morgan fingerprint density at radius 2 is 2.21 bits per heavy atom. The number of carboxylic acids is 1. The maximum atomic E-state index is 12.9. The van der Waals surface area contributed by atoms with E-state index in [2.05, 4.69) is 5.32 Å². The minimum absolute atomic E-state index is 0.0495. The minimum Gasteiger partial charge on any atom is -0.480 e. The average Bonchev–Trinajstić information content (AvgIpc) is 2.33. The molecule has 0 radical (unpaired) electrons. The predicted molar refractivity (Wildman–Crippen MR) is 73.3 cm³/mol. The summed E-state index contributed by atoms with van der Waals surface area (Å²) in [5, 5.41) is 11.3. The number of benzene rings is 1. The number of thioether (sulfide) groups is 1. The van der Waals surface area contributed by atoms with Crippen LogP contribution in [0, 0.1) is 5.82 Å². The van der Waals surface area contributed by atoms with Crippen molar-refractivity contribution in [3.63, 3.8) is 0 Å². The first-order chi connectivity index (χ1) is 8.95. The second kappa shape index (κ2) is 7.35. The van der Waals surface area contributed by atoms with E-state index in [0.29, 0.717) is 12.2 Å². The van der Waals surface area contributed by atoms with Gasteiger partial charge in [-0.3, -0.25) is 4.79 Å². The van der Waals surface area contributed by atoms with Gasteiger partial charge in [0.2, 0.25) is 0 Å². The highest BCUT2D eigenvalue weighted by Gasteiger charge is 2.21. The molecule has 1 atom stereocenters. The quantitative estimate of drug-likeness (QED) is 0.847. The van der Waals surface area contributed by atoms with Gasteiger partial charge in [-0.25, -0.2) is 9.18 Å². The van der Waals surface area contributed by atoms with Crippen LogP contribution in [0.2, 0.25) is 5.02 Å². The van der Waals surface area contributed by atoms with Crippen LogP contribution >= 0.6 is 23.4 Å². The van der Waals surface area contributed by atoms with Gasteiger partial charge in [-0.2, -0.15) is 11.8 Å². The summed E-state index contributed by atoms with van der Waals surface area (Å²) < 4.78 is 12.9. The van der Waals surface area contributed by atoms with Gasteiger partial charge in [0.15, 0.2) is 0 Å². The number of rotatable bonds is 6. The van der Waals surface area contributed by atoms with E-state index >= 15 is 0 Å². The van der Waals surface area contributed by atoms with Gasteiger partial charge in [0.05, 0.1) is 10.6 Å². The molecule has 0 spiro atoms. The number of carbonyl (C=O) groups is 2. The molecule has 0 saturated carbocycles. The van der Waals surface area contributed by atoms with E-state index in [1.54, 1.807) is 0 Å². The predicted octanol–water partition coefficient (Wildman–Crippen LogP) is 2.42. The van der Waals surface area contributed by atoms with Crippen molar-refractivity contribution in [1.29, 1.82) is 0 Å². The minimum atomic E-state index is -1.11. The Bertz CT molecular complexity index is 484. The first-order valence-electron chi connectivity index (χ1n) is 5.43. The van der Waals surface area contributed by atoms with E-state index in [0.717, 1.165) is 12.1 Å². The van der Waals surface area contributed by atoms with Gasteiger partial charge in [-0.05, 0) is 36.6 Å². The van der Waals surface area contributed by atoms with Crippen molar-refractivity contribution in [3.8, 4) is 0 Å². The van der Waals surface area contributed by atoms with Crippen molar-refractivity contribution in [1.82, 2.24) is 5.32 Å². The Balaban J connectivity index is 2.78. The Labute approximate surface area is 119 Å². The molecule has 1 amide bonds. The van der Waals surface area contributed by atoms with Crippen molar-refractivity contribution in [2.24, 2.45) is 0 Å². The normalized spacial score (nSPS) is 11.9. The highest BCUT2D eigenvalue weighted by Crippen LogP contribution is 2.17. The van der Waals surface area contributed by atoms with Crippen molar-refractivity contribution in [3.05, 3.63) is 34.6 Å². The lowest BCUT2D eigenvalue weighted by Crippen LogP contribution is -2.41. The Hall–Kier alpha value is -1.27. The molecular formula is C12H13ClFNO3S. The third kappa shape index (κ3) is 4.72. The van der Waals surface area contributed by atoms with Crippen molar-refractivity contribution in [2.45, 2.75) is 12.5 Å². The molecule has 0 fully saturated rings. The topological polar surface area (TPSA) is 66.4 Å². The number of halogens is 2. The zero-order chi connectivity index (χ0) is 14.4. The fourth-order valence-corrected chi connectivity index (χ4v) is 2.13. The fourth-order valence-electron chi connectivity index (χ4n) is 1.40. The van der Waals surface area contributed by atoms with Gasteiger partial charge >= 0.3 is 5.97 Å². The summed E-state index contributed by atoms with van der Waals surface area (Å²) >= 11 is 7.22. The van der Waals surface area contributed by atoms with Gasteiger partial charge < -0.3 is 10.4 Å². The summed E-state index contributed by atoms with van der Waals surface area (Å²) in [4.78, 5) is 22.9. The van der Waals surface area contributed by atoms with Crippen LogP contribution in [-0.2, 0) is 4.79 Å². The summed E-state index contributed by atoms with van der Waals surface area (Å²) in [5.41, 5.74) is 0.0541. The highest BCUT2D eigenvalue weighted by molar-refractivity contribution is 7.98. The molecule has 1 rings (SSSR count). The molecule has 104 valence electrons. The molecule has 0 bridgehead atoms. The fraction of sp³-hybridized carbons (Fsp3) is 0.333. The Kier molecular flexibility index (Phi) is 6.11. The average molecular weight is 306 g/mol. The van der Waals surface area contributed by atoms with Crippen molar-refractivity contribution < 1.29 is 19.1 Å². The molecule has 0 unspecified atom stereocenters. The Morgan fingerprint density at radius 1 is 1.53 bits per heavy atom. The first kappa shape index (κ1) is 15.8. The van der Waals surface area contributed by atoms with Gasteiger partial charge in [-0.1, -0.05) is 11.6 Å². The molecule has 0 aromatic heterocycles. The van der Waals surface area contributed by atoms with Crippen molar-refractivity contribution >= 4 is 35.2 Å². The van der Waals surface area contributed by atoms with Crippen LogP contribution in [0.25, 0.3) is 0 Å². The van der Waals surface area contributed by atoms with Crippen LogP contribution in [0.4, 0.5) is 4.39 Å². The number of carbonyl (C=O) groups excluding carboxylic acids is 1. The molecule has 0 aliphatic carbocycles. The van der Waals surface area contributed by atoms with Crippen molar-refractivity contribution in [2.75, 3.05) is 12.0 Å². The van der Waals surface area contributed by atoms with E-state index in [4.69, 9.17) is 16.7 Å². The smallest absolute Gasteiger partial charge is 0.326 e. The molecular weight excluding hydrogens is 293 g/mol. The number of hydrogen-bond donors (Lipinski definition) is 2. The molecule has 4 nitrogen and oxygen atoms in total. The lowest BCUT2D eigenvalue weighted by molar-refractivity contribution is -0.139. The molecule has 1 aromatic carbocycles. The maximum absolute atomic E-state index is 12.9. The summed E-state index contributed by atoms with van der Waals surface area (Å²) in [6.45, 7) is 0. The van der Waals surface area contributed by atoms with Crippen LogP contribution in [-0.4, -0.2) is 35.0 Å². The number of carboxylic acid groups (broad SMARTS) is 1. The molecule has 0 heterocycles. The zero-order valence-corrected chi connectivity index (χ0v) is 11.7. The van der Waals surface area contributed by atoms with Gasteiger partial charge in [0.25, 0.3) is 5.91 Å². The van der Waals surface area contributed by atoms with Gasteiger partial charge in [-0.15, -0.1) is 0 Å². The van der Waals surface area contributed by atoms with E-state index in [9.17, 15) is 14.0 Å². The summed E-state index contributed by atoms with van der Waals surface area (Å²) in [6.07, 6.45) is 2.15. The second-order valence-corrected chi connectivity index (χ2v) is 5.16. The highest BCUT2D eigenvalue weighted by atomic mass is 35.5. The van der Waals surface area contributed by atoms with Gasteiger partial charge in [0.1, 0.15) is 11.9 Å². The van der Waals surface area contributed by atoms with Crippen LogP contribution in [0.1, 0.15) is 16.8 Å². The lowest BCUT2D eigenvalue weighted by atomic mass is 10.1. The number of hydrogen-bond acceptors (Lipinski definition) is 3. The van der Waals surface area contributed by atoms with Gasteiger partial charge in [0, 0.05) is 0 Å². The third-order valence-electron chi connectivity index (χ3n) is 2.39. The van der Waals surface area contributed by atoms with Crippen LogP contribution in [0.3, 0.4) is 0 Å². The molecule has 0 aliphatic heterocycles. The van der Waals surface area contributed by atoms with Crippen LogP contribution in [0.5, 0.6) is 0 Å². The SMILES string of the molecule is CSCC[C@H](NC(=O)c1ccc(F)cc1Cl)C(=O)O. The summed E-state index contributed by atoms with van der Waals surface area (Å²) in [7, 11) is 0. The monoisotopic (exact) mass is 305 g/mol. The second-order valence-electron chi connectivity index (χ2n) is 3.77. The third-order valence-corrected chi connectivity index (χ3v) is 3.35. The molecule has 0 aliphatic rings. The molecule has 1 aromatic rings. The number of nitrogens with one attached hydrogen (secondary N) is 1. The van der Waals surface area contributed by atoms with Crippen LogP contribution in [0.15, 0.2) is 18.2 Å². The number of aliphatic carboxylic acids is 1. The van der Waals surface area contributed by atoms with Crippen LogP contribution < -0.4 is 5.32 Å². The maximum Gasteiger partial charge on any atom is 0.326 e. The summed E-state index contributed by atoms with van der Waals surface area (Å²) in [5.74, 6) is -1.69. The van der Waals surface area contributed by atoms with E-state index < -0.39 is 23.7 Å². The zero-order valence-electron chi connectivity index (χ0n) is 10.2. The Morgan fingerprint density at radius 3 is 2.74 bits per heavy atom.